The quantitative estimate of drug-likeness (QED) is 0.803. The summed E-state index contributed by atoms with van der Waals surface area (Å²) in [6.45, 7) is 1.29. The SMILES string of the molecule is CN1CC2(CN(C(=O)c3cc(Cl)cc4cccnc34)C2)OC1=O. The van der Waals surface area contributed by atoms with Crippen molar-refractivity contribution in [3.8, 4) is 0 Å². The molecule has 2 aliphatic rings. The van der Waals surface area contributed by atoms with Gasteiger partial charge in [-0.25, -0.2) is 4.79 Å². The Morgan fingerprint density at radius 3 is 2.83 bits per heavy atom. The van der Waals surface area contributed by atoms with Crippen LogP contribution in [-0.4, -0.2) is 59.1 Å². The number of rotatable bonds is 1. The minimum atomic E-state index is -0.566. The minimum Gasteiger partial charge on any atom is -0.437 e. The molecule has 0 aliphatic carbocycles. The lowest BCUT2D eigenvalue weighted by molar-refractivity contribution is -0.0580. The first kappa shape index (κ1) is 14.3. The molecule has 2 fully saturated rings. The summed E-state index contributed by atoms with van der Waals surface area (Å²) in [6, 6.07) is 7.10. The van der Waals surface area contributed by atoms with Crippen molar-refractivity contribution in [3.63, 3.8) is 0 Å². The zero-order valence-corrected chi connectivity index (χ0v) is 13.2. The predicted octanol–water partition coefficient (Wildman–Crippen LogP) is 2.16. The van der Waals surface area contributed by atoms with Crippen LogP contribution < -0.4 is 0 Å². The van der Waals surface area contributed by atoms with Crippen LogP contribution in [0.25, 0.3) is 10.9 Å². The number of aromatic nitrogens is 1. The fraction of sp³-hybridized carbons (Fsp3) is 0.312. The Bertz CT molecular complexity index is 832. The molecule has 3 heterocycles. The lowest BCUT2D eigenvalue weighted by Gasteiger charge is -2.45. The molecule has 0 unspecified atom stereocenters. The fourth-order valence-corrected chi connectivity index (χ4v) is 3.47. The lowest BCUT2D eigenvalue weighted by atomic mass is 9.93. The Balaban J connectivity index is 1.61. The van der Waals surface area contributed by atoms with E-state index in [-0.39, 0.29) is 12.0 Å². The van der Waals surface area contributed by atoms with Gasteiger partial charge in [0.1, 0.15) is 0 Å². The number of ether oxygens (including phenoxy) is 1. The average molecular weight is 332 g/mol. The zero-order valence-electron chi connectivity index (χ0n) is 12.5. The Kier molecular flexibility index (Phi) is 2.99. The fourth-order valence-electron chi connectivity index (χ4n) is 3.24. The van der Waals surface area contributed by atoms with Crippen LogP contribution in [0.4, 0.5) is 4.79 Å². The van der Waals surface area contributed by atoms with E-state index in [1.165, 1.54) is 4.90 Å². The van der Waals surface area contributed by atoms with Crippen LogP contribution in [0, 0.1) is 0 Å². The molecule has 4 rings (SSSR count). The van der Waals surface area contributed by atoms with Gasteiger partial charge in [-0.15, -0.1) is 0 Å². The highest BCUT2D eigenvalue weighted by Crippen LogP contribution is 2.33. The van der Waals surface area contributed by atoms with Crippen molar-refractivity contribution in [2.45, 2.75) is 5.60 Å². The second-order valence-electron chi connectivity index (χ2n) is 6.10. The smallest absolute Gasteiger partial charge is 0.410 e. The molecule has 7 heteroatoms. The van der Waals surface area contributed by atoms with E-state index in [2.05, 4.69) is 4.98 Å². The first-order valence-electron chi connectivity index (χ1n) is 7.25. The number of hydrogen-bond donors (Lipinski definition) is 0. The van der Waals surface area contributed by atoms with Crippen LogP contribution in [0.5, 0.6) is 0 Å². The van der Waals surface area contributed by atoms with Crippen LogP contribution in [-0.2, 0) is 4.74 Å². The van der Waals surface area contributed by atoms with Gasteiger partial charge in [-0.3, -0.25) is 9.78 Å². The van der Waals surface area contributed by atoms with Gasteiger partial charge in [-0.2, -0.15) is 0 Å². The highest BCUT2D eigenvalue weighted by molar-refractivity contribution is 6.32. The molecule has 1 spiro atoms. The topological polar surface area (TPSA) is 62.7 Å². The number of carbonyl (C=O) groups is 2. The van der Waals surface area contributed by atoms with Crippen molar-refractivity contribution in [2.24, 2.45) is 0 Å². The Morgan fingerprint density at radius 1 is 1.35 bits per heavy atom. The van der Waals surface area contributed by atoms with Crippen LogP contribution in [0.15, 0.2) is 30.5 Å². The van der Waals surface area contributed by atoms with E-state index < -0.39 is 5.60 Å². The number of fused-ring (bicyclic) bond motifs is 1. The van der Waals surface area contributed by atoms with Gasteiger partial charge in [-0.1, -0.05) is 17.7 Å². The molecule has 2 aliphatic heterocycles. The zero-order chi connectivity index (χ0) is 16.2. The van der Waals surface area contributed by atoms with Crippen molar-refractivity contribution < 1.29 is 14.3 Å². The number of benzene rings is 1. The van der Waals surface area contributed by atoms with E-state index in [1.807, 2.05) is 6.07 Å². The van der Waals surface area contributed by atoms with E-state index in [9.17, 15) is 9.59 Å². The summed E-state index contributed by atoms with van der Waals surface area (Å²) in [4.78, 5) is 31.8. The summed E-state index contributed by atoms with van der Waals surface area (Å²) < 4.78 is 5.38. The maximum atomic E-state index is 12.8. The predicted molar refractivity (Wildman–Crippen MR) is 84.5 cm³/mol. The van der Waals surface area contributed by atoms with Gasteiger partial charge in [0.15, 0.2) is 5.60 Å². The molecule has 1 aromatic carbocycles. The van der Waals surface area contributed by atoms with E-state index >= 15 is 0 Å². The molecule has 118 valence electrons. The second kappa shape index (κ2) is 4.83. The van der Waals surface area contributed by atoms with Crippen molar-refractivity contribution in [1.82, 2.24) is 14.8 Å². The number of hydrogen-bond acceptors (Lipinski definition) is 4. The van der Waals surface area contributed by atoms with Crippen LogP contribution >= 0.6 is 11.6 Å². The molecule has 1 aromatic heterocycles. The molecule has 0 radical (unpaired) electrons. The largest absolute Gasteiger partial charge is 0.437 e. The Hall–Kier alpha value is -2.34. The Morgan fingerprint density at radius 2 is 2.13 bits per heavy atom. The minimum absolute atomic E-state index is 0.146. The lowest BCUT2D eigenvalue weighted by Crippen LogP contribution is -2.65. The average Bonchev–Trinajstić information content (AvgIpc) is 2.80. The summed E-state index contributed by atoms with van der Waals surface area (Å²) in [6.07, 6.45) is 1.31. The summed E-state index contributed by atoms with van der Waals surface area (Å²) in [5.74, 6) is -0.146. The number of carbonyl (C=O) groups excluding carboxylic acids is 2. The second-order valence-corrected chi connectivity index (χ2v) is 6.53. The molecular weight excluding hydrogens is 318 g/mol. The normalized spacial score (nSPS) is 19.1. The molecule has 0 atom stereocenters. The van der Waals surface area contributed by atoms with Gasteiger partial charge < -0.3 is 14.5 Å². The van der Waals surface area contributed by atoms with Crippen molar-refractivity contribution >= 4 is 34.5 Å². The number of nitrogens with zero attached hydrogens (tertiary/aromatic N) is 3. The van der Waals surface area contributed by atoms with Crippen LogP contribution in [0.2, 0.25) is 5.02 Å². The molecule has 0 N–H and O–H groups in total. The third-order valence-electron chi connectivity index (χ3n) is 4.29. The first-order chi connectivity index (χ1) is 11.0. The summed E-state index contributed by atoms with van der Waals surface area (Å²) in [7, 11) is 1.69. The molecular formula is C16H14ClN3O3. The molecule has 6 nitrogen and oxygen atoms in total. The van der Waals surface area contributed by atoms with Gasteiger partial charge in [0.25, 0.3) is 5.91 Å². The van der Waals surface area contributed by atoms with Gasteiger partial charge in [0.05, 0.1) is 30.7 Å². The van der Waals surface area contributed by atoms with Gasteiger partial charge >= 0.3 is 6.09 Å². The monoisotopic (exact) mass is 331 g/mol. The molecule has 2 saturated heterocycles. The van der Waals surface area contributed by atoms with Crippen molar-refractivity contribution in [3.05, 3.63) is 41.0 Å². The molecule has 2 aromatic rings. The molecule has 0 bridgehead atoms. The summed E-state index contributed by atoms with van der Waals surface area (Å²) in [5.41, 5.74) is 0.535. The van der Waals surface area contributed by atoms with Crippen LogP contribution in [0.3, 0.4) is 0 Å². The number of amides is 2. The maximum Gasteiger partial charge on any atom is 0.410 e. The van der Waals surface area contributed by atoms with Gasteiger partial charge in [0.2, 0.25) is 0 Å². The number of halogens is 1. The van der Waals surface area contributed by atoms with Gasteiger partial charge in [-0.05, 0) is 18.2 Å². The third-order valence-corrected chi connectivity index (χ3v) is 4.50. The van der Waals surface area contributed by atoms with Crippen molar-refractivity contribution in [1.29, 1.82) is 0 Å². The van der Waals surface area contributed by atoms with Gasteiger partial charge in [0, 0.05) is 23.7 Å². The molecule has 2 amide bonds. The van der Waals surface area contributed by atoms with E-state index in [1.54, 1.807) is 36.3 Å². The first-order valence-corrected chi connectivity index (χ1v) is 7.63. The van der Waals surface area contributed by atoms with Crippen molar-refractivity contribution in [2.75, 3.05) is 26.7 Å². The number of likely N-dealkylation sites (N-methyl/N-ethyl adjacent to an activating group) is 1. The van der Waals surface area contributed by atoms with E-state index in [4.69, 9.17) is 16.3 Å². The van der Waals surface area contributed by atoms with E-state index in [0.29, 0.717) is 35.7 Å². The summed E-state index contributed by atoms with van der Waals surface area (Å²) in [5, 5.41) is 1.32. The van der Waals surface area contributed by atoms with E-state index in [0.717, 1.165) is 5.39 Å². The number of pyridine rings is 1. The Labute approximate surface area is 137 Å². The standard InChI is InChI=1S/C16H14ClN3O3/c1-19-7-16(23-15(19)22)8-20(9-16)14(21)12-6-11(17)5-10-3-2-4-18-13(10)12/h2-6H,7-9H2,1H3. The third kappa shape index (κ3) is 2.21. The molecule has 23 heavy (non-hydrogen) atoms. The highest BCUT2D eigenvalue weighted by Gasteiger charge is 2.54. The highest BCUT2D eigenvalue weighted by atomic mass is 35.5. The summed E-state index contributed by atoms with van der Waals surface area (Å²) >= 11 is 6.12. The maximum absolute atomic E-state index is 12.8. The van der Waals surface area contributed by atoms with Crippen LogP contribution in [0.1, 0.15) is 10.4 Å². The number of likely N-dealkylation sites (tertiary alicyclic amines) is 1. The molecule has 0 saturated carbocycles.